The fourth-order valence-corrected chi connectivity index (χ4v) is 2.75. The highest BCUT2D eigenvalue weighted by Crippen LogP contribution is 2.27. The summed E-state index contributed by atoms with van der Waals surface area (Å²) in [6, 6.07) is 5.89. The number of nitrogens with zero attached hydrogens (tertiary/aromatic N) is 1. The van der Waals surface area contributed by atoms with Crippen molar-refractivity contribution in [2.24, 2.45) is 0 Å². The van der Waals surface area contributed by atoms with E-state index in [0.717, 1.165) is 24.8 Å². The van der Waals surface area contributed by atoms with E-state index in [0.29, 0.717) is 18.7 Å². The summed E-state index contributed by atoms with van der Waals surface area (Å²) in [7, 11) is 0. The molecule has 0 N–H and O–H groups in total. The standard InChI is InChI=1S/C19H27NO3/c1-14-12-15(19(2,3)4)9-10-16(14)23-18(22)13-20-11-7-5-6-8-17(20)21/h9-10,12H,5-8,11,13H2,1-4H3. The molecular weight excluding hydrogens is 290 g/mol. The maximum Gasteiger partial charge on any atom is 0.331 e. The van der Waals surface area contributed by atoms with Gasteiger partial charge in [0.05, 0.1) is 0 Å². The molecule has 126 valence electrons. The van der Waals surface area contributed by atoms with Crippen molar-refractivity contribution in [2.75, 3.05) is 13.1 Å². The predicted molar refractivity (Wildman–Crippen MR) is 90.6 cm³/mol. The molecule has 4 nitrogen and oxygen atoms in total. The zero-order valence-electron chi connectivity index (χ0n) is 14.6. The molecule has 0 bridgehead atoms. The minimum atomic E-state index is -0.369. The third-order valence-corrected chi connectivity index (χ3v) is 4.26. The second kappa shape index (κ2) is 7.16. The summed E-state index contributed by atoms with van der Waals surface area (Å²) in [5.74, 6) is 0.261. The van der Waals surface area contributed by atoms with Crippen molar-refractivity contribution in [2.45, 2.75) is 58.8 Å². The van der Waals surface area contributed by atoms with Gasteiger partial charge in [-0.15, -0.1) is 0 Å². The van der Waals surface area contributed by atoms with Crippen molar-refractivity contribution in [3.63, 3.8) is 0 Å². The molecule has 2 rings (SSSR count). The van der Waals surface area contributed by atoms with Gasteiger partial charge >= 0.3 is 5.97 Å². The van der Waals surface area contributed by atoms with Crippen molar-refractivity contribution in [3.8, 4) is 5.75 Å². The number of hydrogen-bond acceptors (Lipinski definition) is 3. The van der Waals surface area contributed by atoms with E-state index in [9.17, 15) is 9.59 Å². The minimum Gasteiger partial charge on any atom is -0.425 e. The molecule has 4 heteroatoms. The highest BCUT2D eigenvalue weighted by molar-refractivity contribution is 5.83. The van der Waals surface area contributed by atoms with Crippen LogP contribution in [0.1, 0.15) is 57.6 Å². The van der Waals surface area contributed by atoms with Crippen LogP contribution in [0.4, 0.5) is 0 Å². The monoisotopic (exact) mass is 317 g/mol. The summed E-state index contributed by atoms with van der Waals surface area (Å²) >= 11 is 0. The third kappa shape index (κ3) is 4.81. The number of esters is 1. The number of hydrogen-bond donors (Lipinski definition) is 0. The van der Waals surface area contributed by atoms with Gasteiger partial charge in [0.1, 0.15) is 12.3 Å². The number of carbonyl (C=O) groups excluding carboxylic acids is 2. The van der Waals surface area contributed by atoms with Gasteiger partial charge in [0.15, 0.2) is 0 Å². The zero-order chi connectivity index (χ0) is 17.0. The molecule has 0 aliphatic carbocycles. The molecule has 1 saturated heterocycles. The summed E-state index contributed by atoms with van der Waals surface area (Å²) < 4.78 is 5.47. The number of rotatable bonds is 3. The van der Waals surface area contributed by atoms with Gasteiger partial charge < -0.3 is 9.64 Å². The molecule has 0 radical (unpaired) electrons. The Hall–Kier alpha value is -1.84. The first-order valence-electron chi connectivity index (χ1n) is 8.37. The molecule has 1 amide bonds. The lowest BCUT2D eigenvalue weighted by Gasteiger charge is -2.21. The molecule has 0 unspecified atom stereocenters. The molecule has 1 aliphatic rings. The smallest absolute Gasteiger partial charge is 0.331 e. The van der Waals surface area contributed by atoms with E-state index >= 15 is 0 Å². The number of likely N-dealkylation sites (tertiary alicyclic amines) is 1. The zero-order valence-corrected chi connectivity index (χ0v) is 14.6. The summed E-state index contributed by atoms with van der Waals surface area (Å²) in [5.41, 5.74) is 2.21. The van der Waals surface area contributed by atoms with Crippen LogP contribution >= 0.6 is 0 Å². The Morgan fingerprint density at radius 3 is 2.61 bits per heavy atom. The molecule has 0 spiro atoms. The van der Waals surface area contributed by atoms with Crippen LogP contribution in [0.2, 0.25) is 0 Å². The Morgan fingerprint density at radius 1 is 1.22 bits per heavy atom. The van der Waals surface area contributed by atoms with Crippen LogP contribution in [0.25, 0.3) is 0 Å². The summed E-state index contributed by atoms with van der Waals surface area (Å²) in [6.45, 7) is 9.08. The van der Waals surface area contributed by atoms with Gasteiger partial charge in [0.25, 0.3) is 0 Å². The number of aryl methyl sites for hydroxylation is 1. The van der Waals surface area contributed by atoms with Crippen molar-refractivity contribution in [3.05, 3.63) is 29.3 Å². The highest BCUT2D eigenvalue weighted by atomic mass is 16.5. The Morgan fingerprint density at radius 2 is 1.96 bits per heavy atom. The maximum absolute atomic E-state index is 12.2. The Labute approximate surface area is 138 Å². The molecular formula is C19H27NO3. The van der Waals surface area contributed by atoms with Crippen molar-refractivity contribution in [1.82, 2.24) is 4.90 Å². The van der Waals surface area contributed by atoms with E-state index in [1.54, 1.807) is 4.90 Å². The molecule has 1 aliphatic heterocycles. The predicted octanol–water partition coefficient (Wildman–Crippen LogP) is 3.60. The van der Waals surface area contributed by atoms with E-state index in [1.807, 2.05) is 19.1 Å². The van der Waals surface area contributed by atoms with E-state index < -0.39 is 0 Å². The fourth-order valence-electron chi connectivity index (χ4n) is 2.75. The average Bonchev–Trinajstić information content (AvgIpc) is 2.65. The van der Waals surface area contributed by atoms with Gasteiger partial charge in [0, 0.05) is 13.0 Å². The quantitative estimate of drug-likeness (QED) is 0.632. The fraction of sp³-hybridized carbons (Fsp3) is 0.579. The normalized spacial score (nSPS) is 16.2. The number of benzene rings is 1. The molecule has 23 heavy (non-hydrogen) atoms. The topological polar surface area (TPSA) is 46.6 Å². The van der Waals surface area contributed by atoms with E-state index in [-0.39, 0.29) is 23.8 Å². The van der Waals surface area contributed by atoms with Crippen LogP contribution < -0.4 is 4.74 Å². The second-order valence-electron chi connectivity index (χ2n) is 7.33. The first-order valence-corrected chi connectivity index (χ1v) is 8.37. The molecule has 1 heterocycles. The van der Waals surface area contributed by atoms with Crippen molar-refractivity contribution >= 4 is 11.9 Å². The summed E-state index contributed by atoms with van der Waals surface area (Å²) in [6.07, 6.45) is 3.45. The number of carbonyl (C=O) groups is 2. The van der Waals surface area contributed by atoms with Crippen LogP contribution in [0.5, 0.6) is 5.75 Å². The van der Waals surface area contributed by atoms with Crippen LogP contribution in [0.15, 0.2) is 18.2 Å². The summed E-state index contributed by atoms with van der Waals surface area (Å²) in [4.78, 5) is 25.7. The van der Waals surface area contributed by atoms with Gasteiger partial charge in [-0.2, -0.15) is 0 Å². The van der Waals surface area contributed by atoms with E-state index in [4.69, 9.17) is 4.74 Å². The second-order valence-corrected chi connectivity index (χ2v) is 7.33. The molecule has 1 fully saturated rings. The molecule has 1 aromatic carbocycles. The van der Waals surface area contributed by atoms with Gasteiger partial charge in [-0.05, 0) is 42.4 Å². The van der Waals surface area contributed by atoms with Gasteiger partial charge in [-0.25, -0.2) is 4.79 Å². The lowest BCUT2D eigenvalue weighted by Crippen LogP contribution is -2.37. The highest BCUT2D eigenvalue weighted by Gasteiger charge is 2.21. The van der Waals surface area contributed by atoms with Crippen LogP contribution in [0.3, 0.4) is 0 Å². The molecule has 1 aromatic rings. The van der Waals surface area contributed by atoms with Crippen LogP contribution in [0, 0.1) is 6.92 Å². The Kier molecular flexibility index (Phi) is 5.45. The lowest BCUT2D eigenvalue weighted by atomic mass is 9.86. The van der Waals surface area contributed by atoms with Crippen LogP contribution in [-0.2, 0) is 15.0 Å². The minimum absolute atomic E-state index is 0.0410. The first kappa shape index (κ1) is 17.5. The van der Waals surface area contributed by atoms with E-state index in [2.05, 4.69) is 26.8 Å². The van der Waals surface area contributed by atoms with Crippen LogP contribution in [-0.4, -0.2) is 29.9 Å². The molecule has 0 atom stereocenters. The Balaban J connectivity index is 2.01. The third-order valence-electron chi connectivity index (χ3n) is 4.26. The largest absolute Gasteiger partial charge is 0.425 e. The van der Waals surface area contributed by atoms with Crippen molar-refractivity contribution in [1.29, 1.82) is 0 Å². The van der Waals surface area contributed by atoms with E-state index in [1.165, 1.54) is 5.56 Å². The van der Waals surface area contributed by atoms with Gasteiger partial charge in [-0.3, -0.25) is 4.79 Å². The van der Waals surface area contributed by atoms with Crippen molar-refractivity contribution < 1.29 is 14.3 Å². The SMILES string of the molecule is Cc1cc(C(C)(C)C)ccc1OC(=O)CN1CCCCCC1=O. The van der Waals surface area contributed by atoms with Gasteiger partial charge in [-0.1, -0.05) is 39.3 Å². The first-order chi connectivity index (χ1) is 10.8. The van der Waals surface area contributed by atoms with Gasteiger partial charge in [0.2, 0.25) is 5.91 Å². The average molecular weight is 317 g/mol. The summed E-state index contributed by atoms with van der Waals surface area (Å²) in [5, 5.41) is 0. The lowest BCUT2D eigenvalue weighted by molar-refractivity contribution is -0.142. The Bertz CT molecular complexity index is 587. The maximum atomic E-state index is 12.2. The number of ether oxygens (including phenoxy) is 1. The number of amides is 1. The molecule has 0 saturated carbocycles. The molecule has 0 aromatic heterocycles.